The van der Waals surface area contributed by atoms with Gasteiger partial charge in [-0.2, -0.15) is 0 Å². The number of hydrogen-bond acceptors (Lipinski definition) is 4. The van der Waals surface area contributed by atoms with E-state index in [1.54, 1.807) is 30.3 Å². The highest BCUT2D eigenvalue weighted by atomic mass is 35.5. The van der Waals surface area contributed by atoms with Gasteiger partial charge in [0.1, 0.15) is 0 Å². The summed E-state index contributed by atoms with van der Waals surface area (Å²) in [6.45, 7) is 0. The Labute approximate surface area is 147 Å². The van der Waals surface area contributed by atoms with Crippen LogP contribution in [0.2, 0.25) is 5.02 Å². The molecule has 3 rings (SSSR count). The maximum Gasteiger partial charge on any atom is 0.273 e. The molecule has 0 spiro atoms. The average molecular weight is 360 g/mol. The number of thiocarbonyl (C=S) groups is 1. The molecule has 1 saturated heterocycles. The highest BCUT2D eigenvalue weighted by Crippen LogP contribution is 2.34. The Balaban J connectivity index is 1.92. The second-order valence-corrected chi connectivity index (χ2v) is 6.80. The summed E-state index contributed by atoms with van der Waals surface area (Å²) in [7, 11) is 0. The number of halogens is 1. The highest BCUT2D eigenvalue weighted by molar-refractivity contribution is 8.26. The Morgan fingerprint density at radius 1 is 1.09 bits per heavy atom. The van der Waals surface area contributed by atoms with Crippen LogP contribution in [0, 0.1) is 0 Å². The lowest BCUT2D eigenvalue weighted by molar-refractivity contribution is -0.120. The molecule has 2 aromatic rings. The minimum atomic E-state index is -0.505. The number of thioether (sulfide) groups is 1. The van der Waals surface area contributed by atoms with Gasteiger partial charge in [0.05, 0.1) is 15.5 Å². The normalized spacial score (nSPS) is 16.2. The second-order valence-electron chi connectivity index (χ2n) is 4.71. The van der Waals surface area contributed by atoms with E-state index in [1.165, 1.54) is 0 Å². The second kappa shape index (κ2) is 6.66. The Morgan fingerprint density at radius 2 is 1.74 bits per heavy atom. The van der Waals surface area contributed by atoms with Gasteiger partial charge in [-0.3, -0.25) is 9.59 Å². The zero-order valence-electron chi connectivity index (χ0n) is 11.7. The van der Waals surface area contributed by atoms with Crippen molar-refractivity contribution in [1.29, 1.82) is 0 Å². The molecule has 23 heavy (non-hydrogen) atoms. The predicted molar refractivity (Wildman–Crippen MR) is 97.2 cm³/mol. The lowest BCUT2D eigenvalue weighted by atomic mass is 10.2. The molecule has 1 fully saturated rings. The van der Waals surface area contributed by atoms with Crippen LogP contribution in [0.5, 0.6) is 0 Å². The minimum absolute atomic E-state index is 0.210. The van der Waals surface area contributed by atoms with Gasteiger partial charge < -0.3 is 0 Å². The molecule has 3 nitrogen and oxygen atoms in total. The molecule has 0 aliphatic carbocycles. The van der Waals surface area contributed by atoms with E-state index >= 15 is 0 Å². The summed E-state index contributed by atoms with van der Waals surface area (Å²) in [5, 5.41) is 0.290. The third-order valence-electron chi connectivity index (χ3n) is 3.20. The van der Waals surface area contributed by atoms with Crippen LogP contribution in [0.4, 0.5) is 0 Å². The third-order valence-corrected chi connectivity index (χ3v) is 4.83. The molecule has 0 aromatic heterocycles. The molecule has 0 unspecified atom stereocenters. The van der Waals surface area contributed by atoms with E-state index in [4.69, 9.17) is 23.8 Å². The summed E-state index contributed by atoms with van der Waals surface area (Å²) in [6, 6.07) is 16.0. The van der Waals surface area contributed by atoms with Crippen molar-refractivity contribution < 1.29 is 9.59 Å². The number of benzene rings is 2. The van der Waals surface area contributed by atoms with Crippen LogP contribution in [0.25, 0.3) is 6.08 Å². The fourth-order valence-corrected chi connectivity index (χ4v) is 3.57. The van der Waals surface area contributed by atoms with E-state index in [0.717, 1.165) is 22.2 Å². The van der Waals surface area contributed by atoms with E-state index in [2.05, 4.69) is 0 Å². The van der Waals surface area contributed by atoms with Crippen LogP contribution >= 0.6 is 35.6 Å². The Hall–Kier alpha value is -1.95. The van der Waals surface area contributed by atoms with Gasteiger partial charge >= 0.3 is 0 Å². The fraction of sp³-hybridized carbons (Fsp3) is 0. The molecule has 0 atom stereocenters. The molecule has 6 heteroatoms. The smallest absolute Gasteiger partial charge is 0.268 e. The molecule has 0 radical (unpaired) electrons. The van der Waals surface area contributed by atoms with Gasteiger partial charge in [0.15, 0.2) is 4.32 Å². The van der Waals surface area contributed by atoms with Gasteiger partial charge in [-0.1, -0.05) is 78.0 Å². The van der Waals surface area contributed by atoms with E-state index in [1.807, 2.05) is 30.3 Å². The topological polar surface area (TPSA) is 37.4 Å². The first-order chi connectivity index (χ1) is 11.1. The van der Waals surface area contributed by atoms with Crippen molar-refractivity contribution in [3.63, 3.8) is 0 Å². The van der Waals surface area contributed by atoms with Crippen molar-refractivity contribution in [3.8, 4) is 0 Å². The van der Waals surface area contributed by atoms with Crippen LogP contribution in [-0.2, 0) is 4.79 Å². The van der Waals surface area contributed by atoms with Crippen LogP contribution < -0.4 is 0 Å². The standard InChI is InChI=1S/C17H10ClNO2S2/c18-13-9-5-4-8-12(13)15(20)19-16(21)14(23-17(19)22)10-11-6-2-1-3-7-11/h1-10H/b14-10+. The van der Waals surface area contributed by atoms with Crippen molar-refractivity contribution in [3.05, 3.63) is 75.7 Å². The quantitative estimate of drug-likeness (QED) is 0.453. The summed E-state index contributed by atoms with van der Waals surface area (Å²) in [4.78, 5) is 26.5. The number of hydrogen-bond donors (Lipinski definition) is 0. The number of carbonyl (C=O) groups excluding carboxylic acids is 2. The molecule has 1 heterocycles. The number of carbonyl (C=O) groups is 2. The summed E-state index contributed by atoms with van der Waals surface area (Å²) < 4.78 is 0.210. The first-order valence-corrected chi connectivity index (χ1v) is 8.30. The molecule has 0 saturated carbocycles. The summed E-state index contributed by atoms with van der Waals surface area (Å²) in [5.41, 5.74) is 1.13. The number of amides is 2. The summed E-state index contributed by atoms with van der Waals surface area (Å²) in [5.74, 6) is -0.927. The highest BCUT2D eigenvalue weighted by Gasteiger charge is 2.37. The third kappa shape index (κ3) is 3.22. The molecule has 1 aliphatic rings. The van der Waals surface area contributed by atoms with E-state index in [9.17, 15) is 9.59 Å². The van der Waals surface area contributed by atoms with E-state index in [-0.39, 0.29) is 9.88 Å². The molecule has 114 valence electrons. The van der Waals surface area contributed by atoms with E-state index in [0.29, 0.717) is 9.93 Å². The molecule has 2 amide bonds. The number of rotatable bonds is 2. The fourth-order valence-electron chi connectivity index (χ4n) is 2.10. The SMILES string of the molecule is O=C1/C(=C\c2ccccc2)SC(=S)N1C(=O)c1ccccc1Cl. The molecular weight excluding hydrogens is 350 g/mol. The van der Waals surface area contributed by atoms with Gasteiger partial charge in [-0.15, -0.1) is 0 Å². The van der Waals surface area contributed by atoms with Crippen LogP contribution in [0.3, 0.4) is 0 Å². The zero-order chi connectivity index (χ0) is 16.4. The van der Waals surface area contributed by atoms with Crippen molar-refractivity contribution in [1.82, 2.24) is 4.90 Å². The molecule has 0 bridgehead atoms. The Morgan fingerprint density at radius 3 is 2.43 bits per heavy atom. The molecule has 2 aromatic carbocycles. The Kier molecular flexibility index (Phi) is 4.61. The Bertz CT molecular complexity index is 833. The number of nitrogens with zero attached hydrogens (tertiary/aromatic N) is 1. The largest absolute Gasteiger partial charge is 0.273 e. The minimum Gasteiger partial charge on any atom is -0.268 e. The summed E-state index contributed by atoms with van der Waals surface area (Å²) >= 11 is 12.3. The molecule has 1 aliphatic heterocycles. The van der Waals surface area contributed by atoms with Crippen molar-refractivity contribution in [2.45, 2.75) is 0 Å². The van der Waals surface area contributed by atoms with Crippen molar-refractivity contribution >= 4 is 57.8 Å². The lowest BCUT2D eigenvalue weighted by Gasteiger charge is -2.13. The molecular formula is C17H10ClNO2S2. The average Bonchev–Trinajstić information content (AvgIpc) is 2.82. The van der Waals surface area contributed by atoms with Gasteiger partial charge in [0.2, 0.25) is 0 Å². The van der Waals surface area contributed by atoms with Crippen molar-refractivity contribution in [2.75, 3.05) is 0 Å². The zero-order valence-corrected chi connectivity index (χ0v) is 14.1. The van der Waals surface area contributed by atoms with Crippen molar-refractivity contribution in [2.24, 2.45) is 0 Å². The predicted octanol–water partition coefficient (Wildman–Crippen LogP) is 4.38. The van der Waals surface area contributed by atoms with Gasteiger partial charge in [0.25, 0.3) is 11.8 Å². The van der Waals surface area contributed by atoms with E-state index < -0.39 is 11.8 Å². The van der Waals surface area contributed by atoms with Crippen LogP contribution in [0.1, 0.15) is 15.9 Å². The first-order valence-electron chi connectivity index (χ1n) is 6.70. The van der Waals surface area contributed by atoms with Gasteiger partial charge in [-0.05, 0) is 23.8 Å². The summed E-state index contributed by atoms with van der Waals surface area (Å²) in [6.07, 6.45) is 1.72. The van der Waals surface area contributed by atoms with Gasteiger partial charge in [-0.25, -0.2) is 4.90 Å². The first kappa shape index (κ1) is 15.9. The maximum absolute atomic E-state index is 12.6. The van der Waals surface area contributed by atoms with Gasteiger partial charge in [0, 0.05) is 0 Å². The monoisotopic (exact) mass is 359 g/mol. The lowest BCUT2D eigenvalue weighted by Crippen LogP contribution is -2.34. The van der Waals surface area contributed by atoms with Crippen LogP contribution in [-0.4, -0.2) is 21.0 Å². The molecule has 0 N–H and O–H groups in total. The van der Waals surface area contributed by atoms with Crippen LogP contribution in [0.15, 0.2) is 59.5 Å². The number of imide groups is 1. The maximum atomic E-state index is 12.6.